The molecular formula is C7H11BrN4. The van der Waals surface area contributed by atoms with E-state index in [-0.39, 0.29) is 0 Å². The van der Waals surface area contributed by atoms with Crippen molar-refractivity contribution in [1.29, 1.82) is 0 Å². The van der Waals surface area contributed by atoms with Crippen LogP contribution >= 0.6 is 15.9 Å². The van der Waals surface area contributed by atoms with Crippen molar-refractivity contribution < 1.29 is 0 Å². The number of nitrogen functional groups attached to an aromatic ring is 1. The van der Waals surface area contributed by atoms with Crippen molar-refractivity contribution in [3.63, 3.8) is 0 Å². The lowest BCUT2D eigenvalue weighted by atomic mass is 10.1. The van der Waals surface area contributed by atoms with Gasteiger partial charge in [0.15, 0.2) is 5.82 Å². The average Bonchev–Trinajstić information content (AvgIpc) is 2.09. The molecule has 0 spiro atoms. The molecule has 3 N–H and O–H groups in total. The number of nitrogens with one attached hydrogen (secondary N) is 1. The van der Waals surface area contributed by atoms with Crippen LogP contribution in [0.3, 0.4) is 0 Å². The van der Waals surface area contributed by atoms with E-state index in [1.54, 1.807) is 0 Å². The van der Waals surface area contributed by atoms with Crippen molar-refractivity contribution in [2.45, 2.75) is 20.3 Å². The minimum atomic E-state index is 0.651. The number of rotatable bonds is 2. The van der Waals surface area contributed by atoms with E-state index in [1.165, 1.54) is 0 Å². The lowest BCUT2D eigenvalue weighted by Crippen LogP contribution is -2.13. The fraction of sp³-hybridized carbons (Fsp3) is 0.429. The number of aromatic nitrogens is 2. The van der Waals surface area contributed by atoms with Crippen LogP contribution in [0.4, 0.5) is 5.82 Å². The first kappa shape index (κ1) is 9.41. The Bertz CT molecular complexity index is 287. The van der Waals surface area contributed by atoms with Gasteiger partial charge in [-0.05, 0) is 34.8 Å². The third-order valence-corrected chi connectivity index (χ3v) is 2.53. The molecule has 0 bridgehead atoms. The number of nitrogens with two attached hydrogens (primary N) is 1. The average molecular weight is 231 g/mol. The van der Waals surface area contributed by atoms with Crippen LogP contribution < -0.4 is 11.3 Å². The van der Waals surface area contributed by atoms with Crippen LogP contribution in [0.2, 0.25) is 0 Å². The zero-order valence-corrected chi connectivity index (χ0v) is 8.64. The van der Waals surface area contributed by atoms with Crippen LogP contribution in [0.25, 0.3) is 0 Å². The molecule has 5 heteroatoms. The van der Waals surface area contributed by atoms with Gasteiger partial charge in [0.2, 0.25) is 0 Å². The van der Waals surface area contributed by atoms with E-state index < -0.39 is 0 Å². The number of hydrogen-bond donors (Lipinski definition) is 2. The zero-order valence-electron chi connectivity index (χ0n) is 7.06. The molecule has 0 radical (unpaired) electrons. The quantitative estimate of drug-likeness (QED) is 0.596. The monoisotopic (exact) mass is 230 g/mol. The van der Waals surface area contributed by atoms with Crippen LogP contribution in [-0.2, 0) is 6.42 Å². The lowest BCUT2D eigenvalue weighted by molar-refractivity contribution is 0.935. The highest BCUT2D eigenvalue weighted by Gasteiger charge is 2.08. The maximum atomic E-state index is 5.28. The molecule has 1 heterocycles. The topological polar surface area (TPSA) is 63.8 Å². The van der Waals surface area contributed by atoms with E-state index in [1.807, 2.05) is 6.92 Å². The van der Waals surface area contributed by atoms with Gasteiger partial charge in [0.25, 0.3) is 0 Å². The first-order chi connectivity index (χ1) is 5.70. The summed E-state index contributed by atoms with van der Waals surface area (Å²) in [5.74, 6) is 5.93. The van der Waals surface area contributed by atoms with E-state index in [2.05, 4.69) is 38.5 Å². The van der Waals surface area contributed by atoms with Gasteiger partial charge in [0.1, 0.15) is 4.60 Å². The van der Waals surface area contributed by atoms with Crippen molar-refractivity contribution >= 4 is 21.7 Å². The Balaban J connectivity index is 3.25. The summed E-state index contributed by atoms with van der Waals surface area (Å²) in [6.07, 6.45) is 0.888. The highest BCUT2D eigenvalue weighted by Crippen LogP contribution is 2.21. The normalized spacial score (nSPS) is 10.0. The lowest BCUT2D eigenvalue weighted by Gasteiger charge is -2.08. The molecular weight excluding hydrogens is 220 g/mol. The Kier molecular flexibility index (Phi) is 2.99. The summed E-state index contributed by atoms with van der Waals surface area (Å²) in [4.78, 5) is 0. The van der Waals surface area contributed by atoms with Crippen molar-refractivity contribution in [2.75, 3.05) is 5.43 Å². The summed E-state index contributed by atoms with van der Waals surface area (Å²) < 4.78 is 0.776. The van der Waals surface area contributed by atoms with Gasteiger partial charge in [0.05, 0.1) is 0 Å². The van der Waals surface area contributed by atoms with Crippen molar-refractivity contribution in [2.24, 2.45) is 5.84 Å². The van der Waals surface area contributed by atoms with E-state index in [4.69, 9.17) is 5.84 Å². The second-order valence-corrected chi connectivity index (χ2v) is 3.19. The zero-order chi connectivity index (χ0) is 9.14. The van der Waals surface area contributed by atoms with Crippen LogP contribution in [0.1, 0.15) is 18.1 Å². The van der Waals surface area contributed by atoms with E-state index >= 15 is 0 Å². The Morgan fingerprint density at radius 1 is 1.50 bits per heavy atom. The highest BCUT2D eigenvalue weighted by molar-refractivity contribution is 9.10. The standard InChI is InChI=1S/C7H11BrN4/c1-3-5-4(2)6(8)11-12-7(5)10-9/h3,9H2,1-2H3,(H,10,12). The summed E-state index contributed by atoms with van der Waals surface area (Å²) >= 11 is 3.31. The summed E-state index contributed by atoms with van der Waals surface area (Å²) in [7, 11) is 0. The van der Waals surface area contributed by atoms with Crippen LogP contribution in [0, 0.1) is 6.92 Å². The molecule has 0 aliphatic heterocycles. The molecule has 12 heavy (non-hydrogen) atoms. The van der Waals surface area contributed by atoms with Crippen LogP contribution in [0.15, 0.2) is 4.60 Å². The number of hydrogen-bond acceptors (Lipinski definition) is 4. The van der Waals surface area contributed by atoms with Crippen molar-refractivity contribution in [3.8, 4) is 0 Å². The second-order valence-electron chi connectivity index (χ2n) is 2.44. The van der Waals surface area contributed by atoms with Gasteiger partial charge in [-0.1, -0.05) is 6.92 Å². The first-order valence-electron chi connectivity index (χ1n) is 3.69. The molecule has 0 aliphatic carbocycles. The maximum Gasteiger partial charge on any atom is 0.166 e. The Morgan fingerprint density at radius 2 is 2.17 bits per heavy atom. The molecule has 0 atom stereocenters. The molecule has 1 aromatic heterocycles. The molecule has 0 saturated heterocycles. The molecule has 0 aliphatic rings. The van der Waals surface area contributed by atoms with Gasteiger partial charge in [-0.25, -0.2) is 5.84 Å². The summed E-state index contributed by atoms with van der Waals surface area (Å²) in [6.45, 7) is 4.04. The first-order valence-corrected chi connectivity index (χ1v) is 4.48. The summed E-state index contributed by atoms with van der Waals surface area (Å²) in [6, 6.07) is 0. The van der Waals surface area contributed by atoms with E-state index in [0.717, 1.165) is 22.2 Å². The Hall–Kier alpha value is -0.680. The summed E-state index contributed by atoms with van der Waals surface area (Å²) in [5.41, 5.74) is 4.70. The Morgan fingerprint density at radius 3 is 2.67 bits per heavy atom. The van der Waals surface area contributed by atoms with Gasteiger partial charge in [0, 0.05) is 5.56 Å². The molecule has 0 unspecified atom stereocenters. The Labute approximate surface area is 79.7 Å². The van der Waals surface area contributed by atoms with E-state index in [0.29, 0.717) is 5.82 Å². The van der Waals surface area contributed by atoms with Gasteiger partial charge < -0.3 is 5.43 Å². The number of hydrazine groups is 1. The predicted molar refractivity (Wildman–Crippen MR) is 51.7 cm³/mol. The van der Waals surface area contributed by atoms with Crippen LogP contribution in [-0.4, -0.2) is 10.2 Å². The molecule has 0 fully saturated rings. The molecule has 0 amide bonds. The molecule has 0 saturated carbocycles. The van der Waals surface area contributed by atoms with Crippen LogP contribution in [0.5, 0.6) is 0 Å². The highest BCUT2D eigenvalue weighted by atomic mass is 79.9. The summed E-state index contributed by atoms with van der Waals surface area (Å²) in [5, 5.41) is 7.78. The molecule has 4 nitrogen and oxygen atoms in total. The predicted octanol–water partition coefficient (Wildman–Crippen LogP) is 1.40. The minimum absolute atomic E-state index is 0.651. The largest absolute Gasteiger partial charge is 0.307 e. The SMILES string of the molecule is CCc1c(NN)nnc(Br)c1C. The van der Waals surface area contributed by atoms with Crippen molar-refractivity contribution in [3.05, 3.63) is 15.7 Å². The third-order valence-electron chi connectivity index (χ3n) is 1.78. The van der Waals surface area contributed by atoms with Gasteiger partial charge in [-0.15, -0.1) is 10.2 Å². The molecule has 0 aromatic carbocycles. The van der Waals surface area contributed by atoms with E-state index in [9.17, 15) is 0 Å². The van der Waals surface area contributed by atoms with Gasteiger partial charge in [-0.3, -0.25) is 0 Å². The second kappa shape index (κ2) is 3.82. The smallest absolute Gasteiger partial charge is 0.166 e. The fourth-order valence-corrected chi connectivity index (χ4v) is 1.40. The third kappa shape index (κ3) is 1.56. The van der Waals surface area contributed by atoms with Gasteiger partial charge in [-0.2, -0.15) is 0 Å². The van der Waals surface area contributed by atoms with Crippen molar-refractivity contribution in [1.82, 2.24) is 10.2 Å². The number of halogens is 1. The number of anilines is 1. The maximum absolute atomic E-state index is 5.28. The fourth-order valence-electron chi connectivity index (χ4n) is 1.08. The number of nitrogens with zero attached hydrogens (tertiary/aromatic N) is 2. The molecule has 66 valence electrons. The van der Waals surface area contributed by atoms with Gasteiger partial charge >= 0.3 is 0 Å². The molecule has 1 aromatic rings. The minimum Gasteiger partial charge on any atom is -0.307 e. The molecule has 1 rings (SSSR count).